The maximum absolute atomic E-state index is 11.1. The third-order valence-corrected chi connectivity index (χ3v) is 3.51. The van der Waals surface area contributed by atoms with E-state index in [0.29, 0.717) is 11.1 Å². The highest BCUT2D eigenvalue weighted by atomic mass is 35.7. The largest absolute Gasteiger partial charge is 0.507 e. The first kappa shape index (κ1) is 14.3. The van der Waals surface area contributed by atoms with Crippen LogP contribution in [0.1, 0.15) is 37.5 Å². The second-order valence-electron chi connectivity index (χ2n) is 5.24. The lowest BCUT2D eigenvalue weighted by molar-refractivity contribution is 0.442. The van der Waals surface area contributed by atoms with Crippen molar-refractivity contribution in [1.29, 1.82) is 0 Å². The van der Waals surface area contributed by atoms with Crippen LogP contribution in [0.25, 0.3) is 0 Å². The highest BCUT2D eigenvalue weighted by Crippen LogP contribution is 2.34. The highest BCUT2D eigenvalue weighted by Gasteiger charge is 2.21. The molecule has 1 rings (SSSR count). The van der Waals surface area contributed by atoms with Gasteiger partial charge in [0, 0.05) is 10.7 Å². The van der Waals surface area contributed by atoms with E-state index in [1.807, 2.05) is 20.8 Å². The average molecular weight is 277 g/mol. The Bertz CT molecular complexity index is 527. The predicted octanol–water partition coefficient (Wildman–Crippen LogP) is 3.07. The van der Waals surface area contributed by atoms with Crippen LogP contribution in [0.2, 0.25) is 0 Å². The van der Waals surface area contributed by atoms with Crippen molar-refractivity contribution in [2.24, 2.45) is 0 Å². The van der Waals surface area contributed by atoms with Gasteiger partial charge >= 0.3 is 0 Å². The molecule has 0 heterocycles. The summed E-state index contributed by atoms with van der Waals surface area (Å²) in [6.07, 6.45) is 0. The number of aryl methyl sites for hydroxylation is 1. The van der Waals surface area contributed by atoms with Crippen LogP contribution in [-0.4, -0.2) is 13.5 Å². The Kier molecular flexibility index (Phi) is 3.79. The van der Waals surface area contributed by atoms with Gasteiger partial charge in [0.2, 0.25) is 9.05 Å². The van der Waals surface area contributed by atoms with Crippen LogP contribution in [0.15, 0.2) is 12.1 Å². The lowest BCUT2D eigenvalue weighted by Gasteiger charge is -2.22. The minimum atomic E-state index is -3.58. The molecular formula is C12H17ClO3S. The quantitative estimate of drug-likeness (QED) is 0.845. The Morgan fingerprint density at radius 2 is 1.82 bits per heavy atom. The third-order valence-electron chi connectivity index (χ3n) is 2.51. The van der Waals surface area contributed by atoms with Gasteiger partial charge in [0.25, 0.3) is 0 Å². The first-order valence-corrected chi connectivity index (χ1v) is 7.74. The fourth-order valence-corrected chi connectivity index (χ4v) is 2.65. The van der Waals surface area contributed by atoms with Crippen molar-refractivity contribution in [3.63, 3.8) is 0 Å². The van der Waals surface area contributed by atoms with Crippen LogP contribution < -0.4 is 0 Å². The molecule has 0 amide bonds. The summed E-state index contributed by atoms with van der Waals surface area (Å²) in [5.74, 6) is -0.00751. The van der Waals surface area contributed by atoms with Crippen molar-refractivity contribution in [2.75, 3.05) is 0 Å². The van der Waals surface area contributed by atoms with Crippen LogP contribution in [0, 0.1) is 6.92 Å². The van der Waals surface area contributed by atoms with Crippen molar-refractivity contribution < 1.29 is 13.5 Å². The molecular weight excluding hydrogens is 260 g/mol. The molecule has 0 radical (unpaired) electrons. The van der Waals surface area contributed by atoms with E-state index in [4.69, 9.17) is 10.7 Å². The molecule has 1 aromatic rings. The summed E-state index contributed by atoms with van der Waals surface area (Å²) < 4.78 is 22.1. The van der Waals surface area contributed by atoms with Gasteiger partial charge in [-0.25, -0.2) is 8.42 Å². The summed E-state index contributed by atoms with van der Waals surface area (Å²) in [6.45, 7) is 7.62. The maximum atomic E-state index is 11.1. The topological polar surface area (TPSA) is 54.4 Å². The Balaban J connectivity index is 3.34. The minimum Gasteiger partial charge on any atom is -0.507 e. The molecule has 96 valence electrons. The van der Waals surface area contributed by atoms with Gasteiger partial charge in [-0.05, 0) is 29.0 Å². The number of halogens is 1. The molecule has 0 fully saturated rings. The number of hydrogen-bond donors (Lipinski definition) is 1. The first-order chi connectivity index (χ1) is 7.50. The van der Waals surface area contributed by atoms with Gasteiger partial charge in [-0.1, -0.05) is 32.9 Å². The number of hydrogen-bond acceptors (Lipinski definition) is 3. The molecule has 5 heteroatoms. The van der Waals surface area contributed by atoms with Crippen molar-refractivity contribution in [1.82, 2.24) is 0 Å². The predicted molar refractivity (Wildman–Crippen MR) is 70.0 cm³/mol. The molecule has 0 atom stereocenters. The zero-order valence-corrected chi connectivity index (χ0v) is 12.0. The van der Waals surface area contributed by atoms with Crippen molar-refractivity contribution >= 4 is 19.7 Å². The highest BCUT2D eigenvalue weighted by molar-refractivity contribution is 8.13. The average Bonchev–Trinajstić information content (AvgIpc) is 2.06. The minimum absolute atomic E-state index is 0.216. The smallest absolute Gasteiger partial charge is 0.236 e. The molecule has 1 N–H and O–H groups in total. The molecule has 0 saturated carbocycles. The third kappa shape index (κ3) is 3.89. The summed E-state index contributed by atoms with van der Waals surface area (Å²) >= 11 is 0. The number of aromatic hydroxyl groups is 1. The fourth-order valence-electron chi connectivity index (χ4n) is 1.71. The second-order valence-corrected chi connectivity index (χ2v) is 8.02. The van der Waals surface area contributed by atoms with E-state index in [-0.39, 0.29) is 16.9 Å². The van der Waals surface area contributed by atoms with Crippen LogP contribution in [0.5, 0.6) is 5.75 Å². The standard InChI is InChI=1S/C12H17ClO3S/c1-8-5-9(7-17(13,15)16)6-10(11(8)14)12(2,3)4/h5-6,14H,7H2,1-4H3. The van der Waals surface area contributed by atoms with E-state index >= 15 is 0 Å². The molecule has 0 aliphatic rings. The molecule has 3 nitrogen and oxygen atoms in total. The van der Waals surface area contributed by atoms with E-state index in [1.54, 1.807) is 19.1 Å². The van der Waals surface area contributed by atoms with Gasteiger partial charge in [0.05, 0.1) is 5.75 Å². The van der Waals surface area contributed by atoms with Crippen LogP contribution in [0.3, 0.4) is 0 Å². The Hall–Kier alpha value is -0.740. The molecule has 0 unspecified atom stereocenters. The van der Waals surface area contributed by atoms with E-state index in [2.05, 4.69) is 0 Å². The summed E-state index contributed by atoms with van der Waals surface area (Å²) in [5, 5.41) is 9.97. The van der Waals surface area contributed by atoms with Crippen LogP contribution >= 0.6 is 10.7 Å². The van der Waals surface area contributed by atoms with Crippen molar-refractivity contribution in [3.05, 3.63) is 28.8 Å². The monoisotopic (exact) mass is 276 g/mol. The van der Waals surface area contributed by atoms with Crippen molar-refractivity contribution in [3.8, 4) is 5.75 Å². The fraction of sp³-hybridized carbons (Fsp3) is 0.500. The lowest BCUT2D eigenvalue weighted by atomic mass is 9.84. The maximum Gasteiger partial charge on any atom is 0.236 e. The van der Waals surface area contributed by atoms with Gasteiger partial charge < -0.3 is 5.11 Å². The molecule has 0 aromatic heterocycles. The number of benzene rings is 1. The van der Waals surface area contributed by atoms with Gasteiger partial charge in [0.15, 0.2) is 0 Å². The molecule has 0 bridgehead atoms. The zero-order chi connectivity index (χ0) is 13.4. The van der Waals surface area contributed by atoms with Gasteiger partial charge in [-0.3, -0.25) is 0 Å². The number of phenolic OH excluding ortho intramolecular Hbond substituents is 1. The van der Waals surface area contributed by atoms with Crippen molar-refractivity contribution in [2.45, 2.75) is 38.9 Å². The summed E-state index contributed by atoms with van der Waals surface area (Å²) in [6, 6.07) is 3.34. The molecule has 0 aliphatic carbocycles. The zero-order valence-electron chi connectivity index (χ0n) is 10.4. The summed E-state index contributed by atoms with van der Waals surface area (Å²) in [5.41, 5.74) is 1.74. The Morgan fingerprint density at radius 3 is 2.24 bits per heavy atom. The first-order valence-electron chi connectivity index (χ1n) is 5.26. The molecule has 0 aliphatic heterocycles. The molecule has 0 spiro atoms. The number of rotatable bonds is 2. The van der Waals surface area contributed by atoms with Gasteiger partial charge in [-0.15, -0.1) is 0 Å². The van der Waals surface area contributed by atoms with Crippen LogP contribution in [0.4, 0.5) is 0 Å². The van der Waals surface area contributed by atoms with E-state index in [9.17, 15) is 13.5 Å². The lowest BCUT2D eigenvalue weighted by Crippen LogP contribution is -2.13. The Morgan fingerprint density at radius 1 is 1.29 bits per heavy atom. The van der Waals surface area contributed by atoms with E-state index in [0.717, 1.165) is 5.56 Å². The van der Waals surface area contributed by atoms with Gasteiger partial charge in [0.1, 0.15) is 5.75 Å². The SMILES string of the molecule is Cc1cc(CS(=O)(=O)Cl)cc(C(C)(C)C)c1O. The summed E-state index contributed by atoms with van der Waals surface area (Å²) in [7, 11) is 1.66. The molecule has 1 aromatic carbocycles. The number of phenols is 1. The van der Waals surface area contributed by atoms with E-state index in [1.165, 1.54) is 0 Å². The molecule has 0 saturated heterocycles. The van der Waals surface area contributed by atoms with Gasteiger partial charge in [-0.2, -0.15) is 0 Å². The second kappa shape index (κ2) is 4.50. The molecule has 17 heavy (non-hydrogen) atoms. The normalized spacial score (nSPS) is 12.8. The summed E-state index contributed by atoms with van der Waals surface area (Å²) in [4.78, 5) is 0. The van der Waals surface area contributed by atoms with Crippen LogP contribution in [-0.2, 0) is 20.2 Å². The Labute approximate surface area is 107 Å². The van der Waals surface area contributed by atoms with E-state index < -0.39 is 9.05 Å².